The highest BCUT2D eigenvalue weighted by molar-refractivity contribution is 5.96. The van der Waals surface area contributed by atoms with Gasteiger partial charge in [0.1, 0.15) is 11.4 Å². The first-order valence-corrected chi connectivity index (χ1v) is 6.86. The normalized spacial score (nSPS) is 10.7. The standard InChI is InChI=1S/C13H22N4O3/c1-3-5-7-16-11(18)9(10(14)15)12(19)17(13(16)20)8-6-4-2/h18H,3-8H2,1-2H3,(H3,14,15). The van der Waals surface area contributed by atoms with Crippen molar-refractivity contribution in [3.8, 4) is 5.88 Å². The molecule has 1 heterocycles. The second-order valence-corrected chi connectivity index (χ2v) is 4.71. The van der Waals surface area contributed by atoms with E-state index in [-0.39, 0.29) is 12.1 Å². The van der Waals surface area contributed by atoms with Crippen LogP contribution >= 0.6 is 0 Å². The van der Waals surface area contributed by atoms with Gasteiger partial charge in [-0.25, -0.2) is 4.79 Å². The zero-order chi connectivity index (χ0) is 15.3. The van der Waals surface area contributed by atoms with Crippen LogP contribution in [0.25, 0.3) is 0 Å². The number of nitrogens with one attached hydrogen (secondary N) is 1. The fraction of sp³-hybridized carbons (Fsp3) is 0.615. The third kappa shape index (κ3) is 3.09. The van der Waals surface area contributed by atoms with Crippen LogP contribution < -0.4 is 17.0 Å². The van der Waals surface area contributed by atoms with Gasteiger partial charge in [-0.2, -0.15) is 0 Å². The van der Waals surface area contributed by atoms with Crippen molar-refractivity contribution in [1.82, 2.24) is 9.13 Å². The Morgan fingerprint density at radius 1 is 1.15 bits per heavy atom. The van der Waals surface area contributed by atoms with Gasteiger partial charge in [-0.15, -0.1) is 0 Å². The van der Waals surface area contributed by atoms with E-state index < -0.39 is 23.0 Å². The van der Waals surface area contributed by atoms with Crippen molar-refractivity contribution >= 4 is 5.84 Å². The van der Waals surface area contributed by atoms with Crippen LogP contribution in [0.15, 0.2) is 9.59 Å². The van der Waals surface area contributed by atoms with E-state index in [9.17, 15) is 14.7 Å². The van der Waals surface area contributed by atoms with E-state index in [0.29, 0.717) is 19.4 Å². The minimum atomic E-state index is -0.693. The molecule has 0 aliphatic heterocycles. The van der Waals surface area contributed by atoms with Crippen LogP contribution in [-0.2, 0) is 13.1 Å². The van der Waals surface area contributed by atoms with Crippen LogP contribution in [0.4, 0.5) is 0 Å². The van der Waals surface area contributed by atoms with Crippen molar-refractivity contribution in [2.75, 3.05) is 0 Å². The number of aromatic nitrogens is 2. The van der Waals surface area contributed by atoms with Gasteiger partial charge in [0, 0.05) is 13.1 Å². The molecule has 1 rings (SSSR count). The van der Waals surface area contributed by atoms with Crippen LogP contribution in [0.5, 0.6) is 5.88 Å². The third-order valence-electron chi connectivity index (χ3n) is 3.14. The first-order valence-electron chi connectivity index (χ1n) is 6.86. The quantitative estimate of drug-likeness (QED) is 0.502. The molecule has 0 atom stereocenters. The first kappa shape index (κ1) is 16.0. The molecule has 1 aromatic rings. The van der Waals surface area contributed by atoms with E-state index in [1.807, 2.05) is 13.8 Å². The maximum atomic E-state index is 12.3. The number of nitrogens with zero attached hydrogens (tertiary/aromatic N) is 2. The fourth-order valence-corrected chi connectivity index (χ4v) is 1.96. The molecule has 0 aliphatic rings. The zero-order valence-electron chi connectivity index (χ0n) is 12.0. The summed E-state index contributed by atoms with van der Waals surface area (Å²) in [6, 6.07) is 0. The summed E-state index contributed by atoms with van der Waals surface area (Å²) in [5.41, 5.74) is 3.82. The number of rotatable bonds is 7. The molecule has 0 saturated heterocycles. The second-order valence-electron chi connectivity index (χ2n) is 4.71. The first-order chi connectivity index (χ1) is 9.45. The van der Waals surface area contributed by atoms with Crippen LogP contribution in [0.3, 0.4) is 0 Å². The van der Waals surface area contributed by atoms with Crippen LogP contribution in [-0.4, -0.2) is 20.1 Å². The minimum Gasteiger partial charge on any atom is -0.494 e. The number of unbranched alkanes of at least 4 members (excludes halogenated alkanes) is 2. The highest BCUT2D eigenvalue weighted by atomic mass is 16.3. The molecule has 0 bridgehead atoms. The lowest BCUT2D eigenvalue weighted by atomic mass is 10.2. The van der Waals surface area contributed by atoms with E-state index in [0.717, 1.165) is 22.0 Å². The molecule has 0 unspecified atom stereocenters. The smallest absolute Gasteiger partial charge is 0.333 e. The van der Waals surface area contributed by atoms with Crippen molar-refractivity contribution in [2.24, 2.45) is 5.73 Å². The molecule has 0 amide bonds. The number of hydrogen-bond donors (Lipinski definition) is 3. The maximum Gasteiger partial charge on any atom is 0.333 e. The van der Waals surface area contributed by atoms with Crippen molar-refractivity contribution in [3.05, 3.63) is 26.4 Å². The molecular formula is C13H22N4O3. The molecule has 0 fully saturated rings. The van der Waals surface area contributed by atoms with Gasteiger partial charge >= 0.3 is 5.69 Å². The van der Waals surface area contributed by atoms with Crippen molar-refractivity contribution in [2.45, 2.75) is 52.6 Å². The zero-order valence-corrected chi connectivity index (χ0v) is 12.0. The molecule has 0 saturated carbocycles. The molecule has 0 aliphatic carbocycles. The molecule has 0 spiro atoms. The van der Waals surface area contributed by atoms with Gasteiger partial charge in [-0.05, 0) is 12.8 Å². The summed E-state index contributed by atoms with van der Waals surface area (Å²) in [6.07, 6.45) is 3.04. The van der Waals surface area contributed by atoms with Gasteiger partial charge in [0.15, 0.2) is 0 Å². The van der Waals surface area contributed by atoms with E-state index in [4.69, 9.17) is 11.1 Å². The van der Waals surface area contributed by atoms with Crippen molar-refractivity contribution < 1.29 is 5.11 Å². The van der Waals surface area contributed by atoms with E-state index in [2.05, 4.69) is 0 Å². The molecule has 7 nitrogen and oxygen atoms in total. The summed E-state index contributed by atoms with van der Waals surface area (Å²) in [5, 5.41) is 17.5. The SMILES string of the molecule is CCCCn1c(O)c(C(=N)N)c(=O)n(CCCC)c1=O. The Labute approximate surface area is 117 Å². The lowest BCUT2D eigenvalue weighted by molar-refractivity contribution is 0.380. The lowest BCUT2D eigenvalue weighted by Gasteiger charge is -2.14. The molecule has 0 radical (unpaired) electrons. The summed E-state index contributed by atoms with van der Waals surface area (Å²) in [5.74, 6) is -1.03. The van der Waals surface area contributed by atoms with E-state index in [1.165, 1.54) is 0 Å². The Balaban J connectivity index is 3.52. The maximum absolute atomic E-state index is 12.3. The Hall–Kier alpha value is -2.05. The number of amidine groups is 1. The topological polar surface area (TPSA) is 114 Å². The number of hydrogen-bond acceptors (Lipinski definition) is 4. The van der Waals surface area contributed by atoms with Crippen LogP contribution in [0.2, 0.25) is 0 Å². The van der Waals surface area contributed by atoms with Crippen molar-refractivity contribution in [1.29, 1.82) is 5.41 Å². The molecule has 112 valence electrons. The van der Waals surface area contributed by atoms with E-state index in [1.54, 1.807) is 0 Å². The Kier molecular flexibility index (Phi) is 5.54. The molecular weight excluding hydrogens is 260 g/mol. The third-order valence-corrected chi connectivity index (χ3v) is 3.14. The summed E-state index contributed by atoms with van der Waals surface area (Å²) >= 11 is 0. The number of nitrogen functional groups attached to an aromatic ring is 1. The Morgan fingerprint density at radius 3 is 2.10 bits per heavy atom. The highest BCUT2D eigenvalue weighted by Crippen LogP contribution is 2.11. The Morgan fingerprint density at radius 2 is 1.65 bits per heavy atom. The van der Waals surface area contributed by atoms with Gasteiger partial charge in [-0.3, -0.25) is 19.3 Å². The minimum absolute atomic E-state index is 0.265. The highest BCUT2D eigenvalue weighted by Gasteiger charge is 2.20. The van der Waals surface area contributed by atoms with Gasteiger partial charge in [-0.1, -0.05) is 26.7 Å². The average Bonchev–Trinajstić information content (AvgIpc) is 2.38. The molecule has 20 heavy (non-hydrogen) atoms. The Bertz CT molecular complexity index is 601. The molecule has 1 aromatic heterocycles. The number of nitrogens with two attached hydrogens (primary N) is 1. The van der Waals surface area contributed by atoms with E-state index >= 15 is 0 Å². The fourth-order valence-electron chi connectivity index (χ4n) is 1.96. The second kappa shape index (κ2) is 6.93. The average molecular weight is 282 g/mol. The lowest BCUT2D eigenvalue weighted by Crippen LogP contribution is -2.43. The van der Waals surface area contributed by atoms with Gasteiger partial charge in [0.25, 0.3) is 5.56 Å². The van der Waals surface area contributed by atoms with Crippen molar-refractivity contribution in [3.63, 3.8) is 0 Å². The van der Waals surface area contributed by atoms with Gasteiger partial charge < -0.3 is 10.8 Å². The predicted octanol–water partition coefficient (Wildman–Crippen LogP) is 0.600. The summed E-state index contributed by atoms with van der Waals surface area (Å²) in [7, 11) is 0. The predicted molar refractivity (Wildman–Crippen MR) is 77.5 cm³/mol. The largest absolute Gasteiger partial charge is 0.494 e. The van der Waals surface area contributed by atoms with Gasteiger partial charge in [0.05, 0.1) is 0 Å². The molecule has 0 aromatic carbocycles. The van der Waals surface area contributed by atoms with Gasteiger partial charge in [0.2, 0.25) is 5.88 Å². The molecule has 4 N–H and O–H groups in total. The summed E-state index contributed by atoms with van der Waals surface area (Å²) in [4.78, 5) is 24.4. The number of aromatic hydroxyl groups is 1. The monoisotopic (exact) mass is 282 g/mol. The van der Waals surface area contributed by atoms with Crippen LogP contribution in [0.1, 0.15) is 45.1 Å². The summed E-state index contributed by atoms with van der Waals surface area (Å²) < 4.78 is 2.17. The summed E-state index contributed by atoms with van der Waals surface area (Å²) in [6.45, 7) is 4.47. The molecule has 7 heteroatoms. The van der Waals surface area contributed by atoms with Crippen LogP contribution in [0, 0.1) is 5.41 Å².